The monoisotopic (exact) mass is 326 g/mol. The Bertz CT molecular complexity index is 554. The van der Waals surface area contributed by atoms with Gasteiger partial charge in [0.1, 0.15) is 0 Å². The van der Waals surface area contributed by atoms with Crippen LogP contribution in [0.4, 0.5) is 0 Å². The number of hydrogen-bond donors (Lipinski definition) is 0. The maximum absolute atomic E-state index is 2.55. The van der Waals surface area contributed by atoms with E-state index in [0.717, 1.165) is 0 Å². The van der Waals surface area contributed by atoms with Gasteiger partial charge in [0.15, 0.2) is 0 Å². The Labute approximate surface area is 150 Å². The van der Waals surface area contributed by atoms with E-state index in [2.05, 4.69) is 39.8 Å². The van der Waals surface area contributed by atoms with Crippen molar-refractivity contribution in [2.24, 2.45) is 0 Å². The third-order valence-corrected chi connectivity index (χ3v) is 7.81. The molecule has 2 fully saturated rings. The van der Waals surface area contributed by atoms with E-state index in [-0.39, 0.29) is 0 Å². The summed E-state index contributed by atoms with van der Waals surface area (Å²) in [6.07, 6.45) is 16.9. The summed E-state index contributed by atoms with van der Waals surface area (Å²) in [6.45, 7) is 9.65. The van der Waals surface area contributed by atoms with Gasteiger partial charge >= 0.3 is 0 Å². The number of benzene rings is 1. The van der Waals surface area contributed by atoms with Crippen LogP contribution in [0.1, 0.15) is 113 Å². The van der Waals surface area contributed by atoms with Gasteiger partial charge in [0.25, 0.3) is 0 Å². The fraction of sp³-hybridized carbons (Fsp3) is 0.750. The largest absolute Gasteiger partial charge is 0.0645 e. The molecule has 0 nitrogen and oxygen atoms in total. The van der Waals surface area contributed by atoms with Crippen molar-refractivity contribution in [3.8, 4) is 0 Å². The van der Waals surface area contributed by atoms with Crippen molar-refractivity contribution in [2.45, 2.75) is 116 Å². The molecule has 0 amide bonds. The van der Waals surface area contributed by atoms with E-state index < -0.39 is 0 Å². The van der Waals surface area contributed by atoms with Crippen LogP contribution in [0, 0.1) is 13.8 Å². The van der Waals surface area contributed by atoms with E-state index in [9.17, 15) is 0 Å². The molecule has 0 bridgehead atoms. The molecule has 1 aromatic carbocycles. The fourth-order valence-electron chi connectivity index (χ4n) is 5.99. The highest BCUT2D eigenvalue weighted by Crippen LogP contribution is 2.51. The van der Waals surface area contributed by atoms with Crippen molar-refractivity contribution in [1.29, 1.82) is 0 Å². The average Bonchev–Trinajstić information content (AvgIpc) is 2.65. The predicted molar refractivity (Wildman–Crippen MR) is 106 cm³/mol. The predicted octanol–water partition coefficient (Wildman–Crippen LogP) is 7.53. The highest BCUT2D eigenvalue weighted by molar-refractivity contribution is 5.48. The van der Waals surface area contributed by atoms with Crippen LogP contribution in [-0.2, 0) is 10.8 Å². The van der Waals surface area contributed by atoms with Crippen LogP contribution in [0.15, 0.2) is 12.1 Å². The molecule has 3 rings (SSSR count). The SMILES string of the molecule is CCC1(c2ccc(C)c(C)c2C2(CC)CCCCC2)CCCCC1. The Kier molecular flexibility index (Phi) is 5.42. The van der Waals surface area contributed by atoms with E-state index in [0.29, 0.717) is 10.8 Å². The standard InChI is InChI=1S/C24H38/c1-5-23(15-9-7-10-16-23)21-14-13-19(3)20(4)22(21)24(6-2)17-11-8-12-18-24/h13-14H,5-12,15-18H2,1-4H3. The molecule has 0 spiro atoms. The van der Waals surface area contributed by atoms with Gasteiger partial charge in [0, 0.05) is 0 Å². The molecule has 0 atom stereocenters. The summed E-state index contributed by atoms with van der Waals surface area (Å²) in [7, 11) is 0. The first kappa shape index (κ1) is 18.0. The van der Waals surface area contributed by atoms with Gasteiger partial charge in [-0.05, 0) is 85.5 Å². The summed E-state index contributed by atoms with van der Waals surface area (Å²) in [5.74, 6) is 0. The minimum atomic E-state index is 0.462. The molecule has 0 aromatic heterocycles. The second-order valence-electron chi connectivity index (χ2n) is 8.82. The molecule has 2 aliphatic rings. The Morgan fingerprint density at radius 1 is 0.708 bits per heavy atom. The van der Waals surface area contributed by atoms with Crippen molar-refractivity contribution in [1.82, 2.24) is 0 Å². The summed E-state index contributed by atoms with van der Waals surface area (Å²) >= 11 is 0. The lowest BCUT2D eigenvalue weighted by Gasteiger charge is -2.46. The van der Waals surface area contributed by atoms with E-state index in [1.54, 1.807) is 16.7 Å². The van der Waals surface area contributed by atoms with Gasteiger partial charge in [0.05, 0.1) is 0 Å². The van der Waals surface area contributed by atoms with Gasteiger partial charge in [-0.25, -0.2) is 0 Å². The summed E-state index contributed by atoms with van der Waals surface area (Å²) in [5.41, 5.74) is 7.61. The molecule has 0 N–H and O–H groups in total. The van der Waals surface area contributed by atoms with Gasteiger partial charge in [-0.2, -0.15) is 0 Å². The molecule has 2 aliphatic carbocycles. The molecule has 0 heterocycles. The minimum absolute atomic E-state index is 0.462. The van der Waals surface area contributed by atoms with Gasteiger partial charge in [-0.15, -0.1) is 0 Å². The van der Waals surface area contributed by atoms with Crippen molar-refractivity contribution in [2.75, 3.05) is 0 Å². The molecular weight excluding hydrogens is 288 g/mol. The average molecular weight is 327 g/mol. The minimum Gasteiger partial charge on any atom is -0.0645 e. The summed E-state index contributed by atoms with van der Waals surface area (Å²) < 4.78 is 0. The number of aryl methyl sites for hydroxylation is 1. The zero-order valence-corrected chi connectivity index (χ0v) is 16.6. The van der Waals surface area contributed by atoms with Crippen LogP contribution in [-0.4, -0.2) is 0 Å². The summed E-state index contributed by atoms with van der Waals surface area (Å²) in [5, 5.41) is 0. The number of rotatable bonds is 4. The van der Waals surface area contributed by atoms with Crippen LogP contribution in [0.3, 0.4) is 0 Å². The van der Waals surface area contributed by atoms with E-state index in [4.69, 9.17) is 0 Å². The zero-order chi connectivity index (χ0) is 17.2. The van der Waals surface area contributed by atoms with Crippen LogP contribution >= 0.6 is 0 Å². The maximum atomic E-state index is 2.55. The third kappa shape index (κ3) is 2.95. The van der Waals surface area contributed by atoms with Crippen molar-refractivity contribution in [3.05, 3.63) is 34.4 Å². The van der Waals surface area contributed by atoms with Crippen LogP contribution in [0.2, 0.25) is 0 Å². The van der Waals surface area contributed by atoms with E-state index in [1.807, 2.05) is 0 Å². The topological polar surface area (TPSA) is 0 Å². The molecule has 0 unspecified atom stereocenters. The smallest absolute Gasteiger partial charge is 0.00439 e. The number of hydrogen-bond acceptors (Lipinski definition) is 0. The van der Waals surface area contributed by atoms with Crippen molar-refractivity contribution < 1.29 is 0 Å². The van der Waals surface area contributed by atoms with Crippen LogP contribution < -0.4 is 0 Å². The Morgan fingerprint density at radius 2 is 1.21 bits per heavy atom. The maximum Gasteiger partial charge on any atom is -0.00439 e. The summed E-state index contributed by atoms with van der Waals surface area (Å²) in [6, 6.07) is 4.98. The first-order valence-electron chi connectivity index (χ1n) is 10.7. The quantitative estimate of drug-likeness (QED) is 0.536. The first-order chi connectivity index (χ1) is 11.6. The van der Waals surface area contributed by atoms with Gasteiger partial charge < -0.3 is 0 Å². The normalized spacial score (nSPS) is 23.2. The lowest BCUT2D eigenvalue weighted by molar-refractivity contribution is 0.252. The highest BCUT2D eigenvalue weighted by Gasteiger charge is 2.41. The zero-order valence-electron chi connectivity index (χ0n) is 16.6. The Hall–Kier alpha value is -0.780. The molecule has 0 radical (unpaired) electrons. The van der Waals surface area contributed by atoms with E-state index >= 15 is 0 Å². The van der Waals surface area contributed by atoms with Crippen molar-refractivity contribution >= 4 is 0 Å². The first-order valence-corrected chi connectivity index (χ1v) is 10.7. The Balaban J connectivity index is 2.18. The molecule has 2 saturated carbocycles. The second-order valence-corrected chi connectivity index (χ2v) is 8.82. The molecule has 1 aromatic rings. The molecular formula is C24H38. The van der Waals surface area contributed by atoms with Gasteiger partial charge in [0.2, 0.25) is 0 Å². The van der Waals surface area contributed by atoms with Crippen molar-refractivity contribution in [3.63, 3.8) is 0 Å². The lowest BCUT2D eigenvalue weighted by atomic mass is 9.59. The molecule has 0 aliphatic heterocycles. The molecule has 134 valence electrons. The Morgan fingerprint density at radius 3 is 1.71 bits per heavy atom. The molecule has 24 heavy (non-hydrogen) atoms. The lowest BCUT2D eigenvalue weighted by Crippen LogP contribution is -2.36. The highest BCUT2D eigenvalue weighted by atomic mass is 14.5. The summed E-state index contributed by atoms with van der Waals surface area (Å²) in [4.78, 5) is 0. The van der Waals surface area contributed by atoms with Crippen LogP contribution in [0.25, 0.3) is 0 Å². The molecule has 0 heteroatoms. The fourth-order valence-corrected chi connectivity index (χ4v) is 5.99. The second kappa shape index (κ2) is 7.22. The van der Waals surface area contributed by atoms with Gasteiger partial charge in [-0.1, -0.05) is 64.5 Å². The molecule has 0 saturated heterocycles. The third-order valence-electron chi connectivity index (χ3n) is 7.81. The van der Waals surface area contributed by atoms with Gasteiger partial charge in [-0.3, -0.25) is 0 Å². The van der Waals surface area contributed by atoms with Crippen LogP contribution in [0.5, 0.6) is 0 Å². The van der Waals surface area contributed by atoms with E-state index in [1.165, 1.54) is 82.6 Å².